The van der Waals surface area contributed by atoms with Crippen molar-refractivity contribution in [3.63, 3.8) is 0 Å². The number of halogens is 2. The molecule has 0 aliphatic heterocycles. The molecule has 0 atom stereocenters. The van der Waals surface area contributed by atoms with E-state index in [1.807, 2.05) is 11.9 Å². The zero-order valence-corrected chi connectivity index (χ0v) is 9.01. The topological polar surface area (TPSA) is 12.5 Å². The van der Waals surface area contributed by atoms with Gasteiger partial charge >= 0.3 is 0 Å². The molecule has 1 aromatic rings. The minimum Gasteiger partial charge on any atom is -0.496 e. The first-order chi connectivity index (χ1) is 6.67. The normalized spacial score (nSPS) is 10.6. The zero-order chi connectivity index (χ0) is 10.6. The van der Waals surface area contributed by atoms with Gasteiger partial charge in [-0.15, -0.1) is 11.6 Å². The Balaban J connectivity index is 2.87. The summed E-state index contributed by atoms with van der Waals surface area (Å²) < 4.78 is 18.0. The highest BCUT2D eigenvalue weighted by Gasteiger charge is 2.06. The van der Waals surface area contributed by atoms with Crippen molar-refractivity contribution in [1.82, 2.24) is 4.90 Å². The highest BCUT2D eigenvalue weighted by Crippen LogP contribution is 2.20. The number of rotatable bonds is 4. The molecule has 0 saturated carbocycles. The summed E-state index contributed by atoms with van der Waals surface area (Å²) in [4.78, 5) is 1.86. The molecule has 0 aliphatic rings. The lowest BCUT2D eigenvalue weighted by Crippen LogP contribution is -2.16. The maximum atomic E-state index is 12.9. The standard InChI is InChI=1S/C10H13ClFNO/c1-13(7-11)6-8-5-9(12)3-4-10(8)14-2/h3-5H,6-7H2,1-2H3. The van der Waals surface area contributed by atoms with Crippen LogP contribution < -0.4 is 4.74 Å². The highest BCUT2D eigenvalue weighted by atomic mass is 35.5. The van der Waals surface area contributed by atoms with Crippen molar-refractivity contribution in [3.05, 3.63) is 29.6 Å². The smallest absolute Gasteiger partial charge is 0.123 e. The first-order valence-electron chi connectivity index (χ1n) is 4.24. The monoisotopic (exact) mass is 217 g/mol. The van der Waals surface area contributed by atoms with E-state index in [1.54, 1.807) is 13.2 Å². The average molecular weight is 218 g/mol. The molecule has 14 heavy (non-hydrogen) atoms. The van der Waals surface area contributed by atoms with E-state index in [2.05, 4.69) is 0 Å². The molecule has 0 bridgehead atoms. The molecule has 0 radical (unpaired) electrons. The summed E-state index contributed by atoms with van der Waals surface area (Å²) in [6, 6.07) is 4.86. The van der Waals surface area contributed by atoms with Crippen LogP contribution in [-0.4, -0.2) is 25.1 Å². The molecule has 0 N–H and O–H groups in total. The Morgan fingerprint density at radius 2 is 2.21 bits per heavy atom. The van der Waals surface area contributed by atoms with Gasteiger partial charge in [0.05, 0.1) is 13.1 Å². The van der Waals surface area contributed by atoms with Crippen LogP contribution in [0.1, 0.15) is 5.56 Å². The van der Waals surface area contributed by atoms with Crippen LogP contribution in [0.2, 0.25) is 0 Å². The van der Waals surface area contributed by atoms with Crippen LogP contribution in [0.5, 0.6) is 5.75 Å². The summed E-state index contributed by atoms with van der Waals surface area (Å²) in [5, 5.41) is 0. The van der Waals surface area contributed by atoms with Gasteiger partial charge in [0, 0.05) is 12.1 Å². The summed E-state index contributed by atoms with van der Waals surface area (Å²) in [5.74, 6) is 0.423. The van der Waals surface area contributed by atoms with Crippen molar-refractivity contribution >= 4 is 11.6 Å². The van der Waals surface area contributed by atoms with Crippen molar-refractivity contribution in [2.45, 2.75) is 6.54 Å². The van der Waals surface area contributed by atoms with E-state index in [4.69, 9.17) is 16.3 Å². The summed E-state index contributed by atoms with van der Waals surface area (Å²) in [6.45, 7) is 0.574. The Morgan fingerprint density at radius 3 is 2.79 bits per heavy atom. The maximum Gasteiger partial charge on any atom is 0.123 e. The fourth-order valence-electron chi connectivity index (χ4n) is 1.20. The third kappa shape index (κ3) is 2.86. The van der Waals surface area contributed by atoms with E-state index < -0.39 is 0 Å². The Bertz CT molecular complexity index is 306. The fraction of sp³-hybridized carbons (Fsp3) is 0.400. The van der Waals surface area contributed by atoms with E-state index >= 15 is 0 Å². The second-order valence-electron chi connectivity index (χ2n) is 3.09. The molecule has 0 amide bonds. The van der Waals surface area contributed by atoms with Gasteiger partial charge < -0.3 is 4.74 Å². The Morgan fingerprint density at radius 1 is 1.50 bits per heavy atom. The number of benzene rings is 1. The van der Waals surface area contributed by atoms with E-state index in [-0.39, 0.29) is 5.82 Å². The number of alkyl halides is 1. The van der Waals surface area contributed by atoms with E-state index in [0.29, 0.717) is 18.3 Å². The van der Waals surface area contributed by atoms with Crippen molar-refractivity contribution in [3.8, 4) is 5.75 Å². The summed E-state index contributed by atoms with van der Waals surface area (Å²) >= 11 is 5.63. The maximum absolute atomic E-state index is 12.9. The Labute approximate surface area is 88.2 Å². The SMILES string of the molecule is COc1ccc(F)cc1CN(C)CCl. The lowest BCUT2D eigenvalue weighted by molar-refractivity contribution is 0.358. The molecule has 1 aromatic carbocycles. The van der Waals surface area contributed by atoms with Crippen LogP contribution in [-0.2, 0) is 6.54 Å². The van der Waals surface area contributed by atoms with Crippen molar-refractivity contribution in [1.29, 1.82) is 0 Å². The van der Waals surface area contributed by atoms with Gasteiger partial charge in [-0.25, -0.2) is 4.39 Å². The zero-order valence-electron chi connectivity index (χ0n) is 8.26. The van der Waals surface area contributed by atoms with Crippen molar-refractivity contribution in [2.75, 3.05) is 20.2 Å². The van der Waals surface area contributed by atoms with Gasteiger partial charge in [0.1, 0.15) is 11.6 Å². The van der Waals surface area contributed by atoms with Crippen molar-refractivity contribution < 1.29 is 9.13 Å². The molecule has 0 spiro atoms. The van der Waals surface area contributed by atoms with E-state index in [0.717, 1.165) is 5.56 Å². The number of nitrogens with zero attached hydrogens (tertiary/aromatic N) is 1. The lowest BCUT2D eigenvalue weighted by atomic mass is 10.2. The van der Waals surface area contributed by atoms with Gasteiger partial charge in [-0.05, 0) is 25.2 Å². The van der Waals surface area contributed by atoms with Crippen LogP contribution in [0, 0.1) is 5.82 Å². The molecular weight excluding hydrogens is 205 g/mol. The third-order valence-electron chi connectivity index (χ3n) is 1.89. The quantitative estimate of drug-likeness (QED) is 0.568. The highest BCUT2D eigenvalue weighted by molar-refractivity contribution is 6.17. The molecule has 0 saturated heterocycles. The molecule has 0 unspecified atom stereocenters. The van der Waals surface area contributed by atoms with Gasteiger partial charge in [0.25, 0.3) is 0 Å². The van der Waals surface area contributed by atoms with Gasteiger partial charge in [-0.3, -0.25) is 4.90 Å². The predicted molar refractivity (Wildman–Crippen MR) is 55.1 cm³/mol. The minimum absolute atomic E-state index is 0.260. The Kier molecular flexibility index (Phi) is 4.17. The molecular formula is C10H13ClFNO. The predicted octanol–water partition coefficient (Wildman–Crippen LogP) is 2.46. The number of hydrogen-bond donors (Lipinski definition) is 0. The summed E-state index contributed by atoms with van der Waals surface area (Å²) in [7, 11) is 3.43. The van der Waals surface area contributed by atoms with Crippen LogP contribution >= 0.6 is 11.6 Å². The second-order valence-corrected chi connectivity index (χ2v) is 3.33. The largest absolute Gasteiger partial charge is 0.496 e. The lowest BCUT2D eigenvalue weighted by Gasteiger charge is -2.15. The first-order valence-corrected chi connectivity index (χ1v) is 4.77. The molecule has 1 rings (SSSR count). The van der Waals surface area contributed by atoms with Gasteiger partial charge in [0.2, 0.25) is 0 Å². The van der Waals surface area contributed by atoms with Gasteiger partial charge in [-0.1, -0.05) is 0 Å². The fourth-order valence-corrected chi connectivity index (χ4v) is 1.29. The van der Waals surface area contributed by atoms with Gasteiger partial charge in [0.15, 0.2) is 0 Å². The Hall–Kier alpha value is -0.800. The van der Waals surface area contributed by atoms with Crippen LogP contribution in [0.25, 0.3) is 0 Å². The number of methoxy groups -OCH3 is 1. The van der Waals surface area contributed by atoms with Crippen LogP contribution in [0.4, 0.5) is 4.39 Å². The molecule has 4 heteroatoms. The molecule has 0 fully saturated rings. The molecule has 0 heterocycles. The third-order valence-corrected chi connectivity index (χ3v) is 2.29. The average Bonchev–Trinajstić information content (AvgIpc) is 2.18. The van der Waals surface area contributed by atoms with Crippen molar-refractivity contribution in [2.24, 2.45) is 0 Å². The molecule has 0 aliphatic carbocycles. The van der Waals surface area contributed by atoms with E-state index in [1.165, 1.54) is 12.1 Å². The first kappa shape index (κ1) is 11.3. The second kappa shape index (κ2) is 5.17. The van der Waals surface area contributed by atoms with Crippen LogP contribution in [0.15, 0.2) is 18.2 Å². The number of hydrogen-bond acceptors (Lipinski definition) is 2. The molecule has 0 aromatic heterocycles. The summed E-state index contributed by atoms with van der Waals surface area (Å²) in [6.07, 6.45) is 0. The summed E-state index contributed by atoms with van der Waals surface area (Å²) in [5.41, 5.74) is 0.802. The van der Waals surface area contributed by atoms with Gasteiger partial charge in [-0.2, -0.15) is 0 Å². The molecule has 2 nitrogen and oxygen atoms in total. The van der Waals surface area contributed by atoms with Crippen LogP contribution in [0.3, 0.4) is 0 Å². The molecule has 78 valence electrons. The minimum atomic E-state index is -0.260. The number of ether oxygens (including phenoxy) is 1. The van der Waals surface area contributed by atoms with E-state index in [9.17, 15) is 4.39 Å².